The summed E-state index contributed by atoms with van der Waals surface area (Å²) >= 11 is 7.02. The van der Waals surface area contributed by atoms with E-state index < -0.39 is 5.97 Å². The van der Waals surface area contributed by atoms with Gasteiger partial charge in [0.25, 0.3) is 0 Å². The number of carboxylic acids is 1. The molecule has 0 saturated carbocycles. The molecule has 1 aromatic heterocycles. The van der Waals surface area contributed by atoms with Crippen molar-refractivity contribution in [3.8, 4) is 0 Å². The monoisotopic (exact) mass is 293 g/mol. The molecule has 1 heterocycles. The van der Waals surface area contributed by atoms with Crippen LogP contribution in [0.25, 0.3) is 0 Å². The maximum absolute atomic E-state index is 11.1. The van der Waals surface area contributed by atoms with Crippen LogP contribution in [0.1, 0.15) is 20.7 Å². The number of carbonyl (C=O) groups is 2. The molecule has 2 aromatic rings. The molecule has 1 aromatic carbocycles. The highest BCUT2D eigenvalue weighted by Gasteiger charge is 2.14. The first-order valence-corrected chi connectivity index (χ1v) is 6.42. The Morgan fingerprint density at radius 3 is 2.79 bits per heavy atom. The number of nitrogens with zero attached hydrogens (tertiary/aromatic N) is 1. The van der Waals surface area contributed by atoms with Crippen molar-refractivity contribution < 1.29 is 14.7 Å². The summed E-state index contributed by atoms with van der Waals surface area (Å²) < 4.78 is 0. The minimum atomic E-state index is -1.06. The molecular formula is C13H8ClNO3S. The maximum Gasteiger partial charge on any atom is 0.338 e. The van der Waals surface area contributed by atoms with Gasteiger partial charge in [-0.05, 0) is 24.3 Å². The molecule has 19 heavy (non-hydrogen) atoms. The van der Waals surface area contributed by atoms with Crippen molar-refractivity contribution in [1.29, 1.82) is 0 Å². The molecule has 0 atom stereocenters. The van der Waals surface area contributed by atoms with Crippen molar-refractivity contribution in [1.82, 2.24) is 4.98 Å². The van der Waals surface area contributed by atoms with E-state index in [0.717, 1.165) is 11.8 Å². The number of pyridine rings is 1. The molecule has 0 bridgehead atoms. The Balaban J connectivity index is 2.45. The van der Waals surface area contributed by atoms with E-state index in [2.05, 4.69) is 4.98 Å². The van der Waals surface area contributed by atoms with Crippen LogP contribution in [0.4, 0.5) is 0 Å². The lowest BCUT2D eigenvalue weighted by molar-refractivity contribution is 0.0692. The predicted octanol–water partition coefficient (Wildman–Crippen LogP) is 3.40. The molecule has 0 aliphatic heterocycles. The second-order valence-corrected chi connectivity index (χ2v) is 4.97. The number of hydrogen-bond acceptors (Lipinski definition) is 4. The third-order valence-electron chi connectivity index (χ3n) is 2.34. The van der Waals surface area contributed by atoms with Gasteiger partial charge < -0.3 is 5.11 Å². The largest absolute Gasteiger partial charge is 0.478 e. The first kappa shape index (κ1) is 13.6. The number of hydrogen-bond donors (Lipinski definition) is 1. The molecule has 0 saturated heterocycles. The molecule has 0 amide bonds. The van der Waals surface area contributed by atoms with E-state index in [4.69, 9.17) is 16.7 Å². The van der Waals surface area contributed by atoms with Crippen molar-refractivity contribution in [3.63, 3.8) is 0 Å². The highest BCUT2D eigenvalue weighted by Crippen LogP contribution is 2.33. The van der Waals surface area contributed by atoms with E-state index in [1.165, 1.54) is 12.3 Å². The predicted molar refractivity (Wildman–Crippen MR) is 72.2 cm³/mol. The zero-order valence-electron chi connectivity index (χ0n) is 9.54. The number of rotatable bonds is 4. The van der Waals surface area contributed by atoms with Crippen molar-refractivity contribution in [2.45, 2.75) is 9.92 Å². The Hall–Kier alpha value is -1.85. The van der Waals surface area contributed by atoms with Gasteiger partial charge in [-0.25, -0.2) is 9.78 Å². The number of carboxylic acid groups (broad SMARTS) is 1. The highest BCUT2D eigenvalue weighted by molar-refractivity contribution is 7.99. The molecule has 0 spiro atoms. The molecule has 6 heteroatoms. The SMILES string of the molecule is O=Cc1c(Cl)cccc1Sc1ncccc1C(=O)O. The third-order valence-corrected chi connectivity index (χ3v) is 3.76. The van der Waals surface area contributed by atoms with Gasteiger partial charge >= 0.3 is 5.97 Å². The molecule has 0 radical (unpaired) electrons. The molecule has 0 aliphatic rings. The molecular weight excluding hydrogens is 286 g/mol. The summed E-state index contributed by atoms with van der Waals surface area (Å²) in [4.78, 5) is 26.7. The van der Waals surface area contributed by atoms with Gasteiger partial charge in [0.05, 0.1) is 10.6 Å². The number of halogens is 1. The highest BCUT2D eigenvalue weighted by atomic mass is 35.5. The van der Waals surface area contributed by atoms with E-state index in [0.29, 0.717) is 26.8 Å². The molecule has 0 aliphatic carbocycles. The second kappa shape index (κ2) is 5.86. The van der Waals surface area contributed by atoms with Crippen LogP contribution in [-0.4, -0.2) is 22.3 Å². The van der Waals surface area contributed by atoms with E-state index >= 15 is 0 Å². The van der Waals surface area contributed by atoms with Gasteiger partial charge in [0.1, 0.15) is 5.03 Å². The van der Waals surface area contributed by atoms with Crippen LogP contribution >= 0.6 is 23.4 Å². The zero-order valence-corrected chi connectivity index (χ0v) is 11.1. The Bertz CT molecular complexity index is 646. The average molecular weight is 294 g/mol. The normalized spacial score (nSPS) is 10.2. The summed E-state index contributed by atoms with van der Waals surface area (Å²) in [6.07, 6.45) is 2.15. The lowest BCUT2D eigenvalue weighted by atomic mass is 10.2. The number of carbonyl (C=O) groups excluding carboxylic acids is 1. The fourth-order valence-electron chi connectivity index (χ4n) is 1.46. The first-order chi connectivity index (χ1) is 9.13. The van der Waals surface area contributed by atoms with E-state index in [1.807, 2.05) is 0 Å². The molecule has 4 nitrogen and oxygen atoms in total. The fourth-order valence-corrected chi connectivity index (χ4v) is 2.74. The first-order valence-electron chi connectivity index (χ1n) is 5.23. The quantitative estimate of drug-likeness (QED) is 0.875. The van der Waals surface area contributed by atoms with Crippen LogP contribution in [0.3, 0.4) is 0 Å². The van der Waals surface area contributed by atoms with Crippen molar-refractivity contribution >= 4 is 35.6 Å². The molecule has 0 fully saturated rings. The topological polar surface area (TPSA) is 67.3 Å². The van der Waals surface area contributed by atoms with Crippen LogP contribution in [0.2, 0.25) is 5.02 Å². The minimum absolute atomic E-state index is 0.0873. The smallest absolute Gasteiger partial charge is 0.338 e. The Kier molecular flexibility index (Phi) is 4.19. The standard InChI is InChI=1S/C13H8ClNO3S/c14-10-4-1-5-11(9(10)7-16)19-12-8(13(17)18)3-2-6-15-12/h1-7H,(H,17,18). The average Bonchev–Trinajstić information content (AvgIpc) is 2.39. The van der Waals surface area contributed by atoms with Crippen LogP contribution in [-0.2, 0) is 0 Å². The van der Waals surface area contributed by atoms with Gasteiger partial charge in [-0.3, -0.25) is 4.79 Å². The van der Waals surface area contributed by atoms with E-state index in [1.54, 1.807) is 24.3 Å². The lowest BCUT2D eigenvalue weighted by Gasteiger charge is -2.07. The van der Waals surface area contributed by atoms with Crippen LogP contribution in [0.5, 0.6) is 0 Å². The van der Waals surface area contributed by atoms with Crippen molar-refractivity contribution in [2.24, 2.45) is 0 Å². The molecule has 2 rings (SSSR count). The van der Waals surface area contributed by atoms with Gasteiger partial charge in [-0.2, -0.15) is 0 Å². The summed E-state index contributed by atoms with van der Waals surface area (Å²) in [5.74, 6) is -1.06. The molecule has 0 unspecified atom stereocenters. The van der Waals surface area contributed by atoms with Gasteiger partial charge in [-0.1, -0.05) is 29.4 Å². The van der Waals surface area contributed by atoms with E-state index in [-0.39, 0.29) is 5.56 Å². The Morgan fingerprint density at radius 2 is 2.11 bits per heavy atom. The summed E-state index contributed by atoms with van der Waals surface area (Å²) in [5.41, 5.74) is 0.417. The van der Waals surface area contributed by atoms with Crippen LogP contribution in [0, 0.1) is 0 Å². The van der Waals surface area contributed by atoms with Crippen molar-refractivity contribution in [2.75, 3.05) is 0 Å². The summed E-state index contributed by atoms with van der Waals surface area (Å²) in [7, 11) is 0. The van der Waals surface area contributed by atoms with Gasteiger partial charge in [-0.15, -0.1) is 0 Å². The zero-order chi connectivity index (χ0) is 13.8. The van der Waals surface area contributed by atoms with E-state index in [9.17, 15) is 9.59 Å². The van der Waals surface area contributed by atoms with Crippen molar-refractivity contribution in [3.05, 3.63) is 52.7 Å². The van der Waals surface area contributed by atoms with Gasteiger partial charge in [0.15, 0.2) is 6.29 Å². The molecule has 96 valence electrons. The fraction of sp³-hybridized carbons (Fsp3) is 0. The number of aromatic nitrogens is 1. The summed E-state index contributed by atoms with van der Waals surface area (Å²) in [5, 5.41) is 9.72. The molecule has 1 N–H and O–H groups in total. The third kappa shape index (κ3) is 2.94. The second-order valence-electron chi connectivity index (χ2n) is 3.53. The Labute approximate surface area is 118 Å². The van der Waals surface area contributed by atoms with Gasteiger partial charge in [0.2, 0.25) is 0 Å². The number of aromatic carboxylic acids is 1. The van der Waals surface area contributed by atoms with Gasteiger partial charge in [0, 0.05) is 16.7 Å². The van der Waals surface area contributed by atoms with Crippen LogP contribution in [0.15, 0.2) is 46.5 Å². The maximum atomic E-state index is 11.1. The summed E-state index contributed by atoms with van der Waals surface area (Å²) in [6.45, 7) is 0. The number of aldehydes is 1. The Morgan fingerprint density at radius 1 is 1.32 bits per heavy atom. The number of benzene rings is 1. The van der Waals surface area contributed by atoms with Crippen LogP contribution < -0.4 is 0 Å². The lowest BCUT2D eigenvalue weighted by Crippen LogP contribution is -2.00. The minimum Gasteiger partial charge on any atom is -0.478 e. The summed E-state index contributed by atoms with van der Waals surface area (Å²) in [6, 6.07) is 8.00.